The van der Waals surface area contributed by atoms with Crippen molar-refractivity contribution in [3.05, 3.63) is 29.6 Å². The second kappa shape index (κ2) is 6.33. The average Bonchev–Trinajstić information content (AvgIpc) is 3.29. The van der Waals surface area contributed by atoms with Crippen LogP contribution in [0.1, 0.15) is 38.3 Å². The molecule has 5 heteroatoms. The number of amides is 2. The largest absolute Gasteiger partial charge is 0.496 e. The van der Waals surface area contributed by atoms with E-state index in [1.165, 1.54) is 26.0 Å². The quantitative estimate of drug-likeness (QED) is 0.905. The van der Waals surface area contributed by atoms with Crippen molar-refractivity contribution in [3.63, 3.8) is 0 Å². The Labute approximate surface area is 125 Å². The van der Waals surface area contributed by atoms with Gasteiger partial charge in [0.2, 0.25) is 0 Å². The normalized spacial score (nSPS) is 17.0. The number of methoxy groups -OCH3 is 1. The van der Waals surface area contributed by atoms with Gasteiger partial charge < -0.3 is 15.0 Å². The number of nitrogens with zero attached hydrogens (tertiary/aromatic N) is 1. The highest BCUT2D eigenvalue weighted by atomic mass is 19.1. The highest BCUT2D eigenvalue weighted by Crippen LogP contribution is 2.35. The van der Waals surface area contributed by atoms with Crippen molar-refractivity contribution in [1.29, 1.82) is 0 Å². The lowest BCUT2D eigenvalue weighted by Gasteiger charge is -2.27. The molecule has 1 aromatic carbocycles. The highest BCUT2D eigenvalue weighted by molar-refractivity contribution is 5.75. The summed E-state index contributed by atoms with van der Waals surface area (Å²) in [6.07, 6.45) is 2.35. The summed E-state index contributed by atoms with van der Waals surface area (Å²) in [4.78, 5) is 14.0. The van der Waals surface area contributed by atoms with Gasteiger partial charge in [-0.25, -0.2) is 9.18 Å². The van der Waals surface area contributed by atoms with Crippen LogP contribution in [0.5, 0.6) is 5.75 Å². The van der Waals surface area contributed by atoms with Crippen LogP contribution < -0.4 is 10.1 Å². The molecule has 0 radical (unpaired) electrons. The summed E-state index contributed by atoms with van der Waals surface area (Å²) in [6.45, 7) is 3.81. The van der Waals surface area contributed by atoms with E-state index >= 15 is 0 Å². The van der Waals surface area contributed by atoms with E-state index < -0.39 is 6.04 Å². The van der Waals surface area contributed by atoms with Gasteiger partial charge in [-0.3, -0.25) is 0 Å². The third-order valence-corrected chi connectivity index (χ3v) is 4.24. The van der Waals surface area contributed by atoms with Crippen LogP contribution in [-0.4, -0.2) is 31.1 Å². The summed E-state index contributed by atoms with van der Waals surface area (Å²) >= 11 is 0. The molecule has 1 aliphatic rings. The van der Waals surface area contributed by atoms with Gasteiger partial charge in [0.25, 0.3) is 0 Å². The van der Waals surface area contributed by atoms with Crippen molar-refractivity contribution >= 4 is 6.03 Å². The molecule has 2 atom stereocenters. The first-order chi connectivity index (χ1) is 9.95. The van der Waals surface area contributed by atoms with Gasteiger partial charge >= 0.3 is 6.03 Å². The van der Waals surface area contributed by atoms with Gasteiger partial charge in [0.05, 0.1) is 18.7 Å². The van der Waals surface area contributed by atoms with Crippen molar-refractivity contribution in [1.82, 2.24) is 10.2 Å². The number of rotatable bonds is 5. The van der Waals surface area contributed by atoms with Gasteiger partial charge in [-0.05, 0) is 44.7 Å². The van der Waals surface area contributed by atoms with Crippen LogP contribution in [0.3, 0.4) is 0 Å². The molecule has 116 valence electrons. The lowest BCUT2D eigenvalue weighted by molar-refractivity contribution is 0.184. The Kier molecular flexibility index (Phi) is 4.70. The van der Waals surface area contributed by atoms with Gasteiger partial charge in [-0.2, -0.15) is 0 Å². The second-order valence-electron chi connectivity index (χ2n) is 5.72. The summed E-state index contributed by atoms with van der Waals surface area (Å²) in [5.74, 6) is 0.666. The van der Waals surface area contributed by atoms with Crippen molar-refractivity contribution in [2.45, 2.75) is 38.8 Å². The van der Waals surface area contributed by atoms with Gasteiger partial charge in [0, 0.05) is 13.1 Å². The number of nitrogens with one attached hydrogen (secondary N) is 1. The van der Waals surface area contributed by atoms with E-state index in [-0.39, 0.29) is 17.9 Å². The Morgan fingerprint density at radius 2 is 2.10 bits per heavy atom. The number of carbonyl (C=O) groups is 1. The number of halogens is 1. The molecule has 0 saturated heterocycles. The van der Waals surface area contributed by atoms with Crippen molar-refractivity contribution < 1.29 is 13.9 Å². The maximum Gasteiger partial charge on any atom is 0.317 e. The lowest BCUT2D eigenvalue weighted by Crippen LogP contribution is -2.44. The van der Waals surface area contributed by atoms with Crippen molar-refractivity contribution in [2.75, 3.05) is 14.2 Å². The van der Waals surface area contributed by atoms with Crippen LogP contribution in [0.15, 0.2) is 18.2 Å². The van der Waals surface area contributed by atoms with E-state index in [9.17, 15) is 9.18 Å². The Balaban J connectivity index is 2.07. The maximum atomic E-state index is 14.0. The van der Waals surface area contributed by atoms with E-state index in [0.717, 1.165) is 0 Å². The van der Waals surface area contributed by atoms with Crippen LogP contribution in [0.4, 0.5) is 9.18 Å². The molecule has 1 aromatic rings. The lowest BCUT2D eigenvalue weighted by atomic mass is 10.1. The van der Waals surface area contributed by atoms with Crippen molar-refractivity contribution in [2.24, 2.45) is 5.92 Å². The zero-order valence-corrected chi connectivity index (χ0v) is 13.0. The summed E-state index contributed by atoms with van der Waals surface area (Å²) in [6, 6.07) is 4.22. The van der Waals surface area contributed by atoms with Crippen LogP contribution >= 0.6 is 0 Å². The Morgan fingerprint density at radius 3 is 2.67 bits per heavy atom. The number of benzene rings is 1. The molecule has 0 aliphatic heterocycles. The van der Waals surface area contributed by atoms with Crippen LogP contribution in [0.2, 0.25) is 0 Å². The molecular formula is C16H23FN2O2. The van der Waals surface area contributed by atoms with Crippen LogP contribution in [0, 0.1) is 11.7 Å². The molecule has 1 aliphatic carbocycles. The monoisotopic (exact) mass is 294 g/mol. The minimum atomic E-state index is -0.456. The van der Waals surface area contributed by atoms with Gasteiger partial charge in [-0.15, -0.1) is 0 Å². The smallest absolute Gasteiger partial charge is 0.317 e. The minimum absolute atomic E-state index is 0.188. The third kappa shape index (κ3) is 3.46. The zero-order valence-electron chi connectivity index (χ0n) is 13.0. The average molecular weight is 294 g/mol. The molecule has 1 fully saturated rings. The van der Waals surface area contributed by atoms with Crippen LogP contribution in [0.25, 0.3) is 0 Å². The van der Waals surface area contributed by atoms with E-state index in [2.05, 4.69) is 5.32 Å². The Bertz CT molecular complexity index is 517. The predicted molar refractivity (Wildman–Crippen MR) is 79.8 cm³/mol. The summed E-state index contributed by atoms with van der Waals surface area (Å²) in [7, 11) is 3.28. The topological polar surface area (TPSA) is 41.6 Å². The van der Waals surface area contributed by atoms with Crippen molar-refractivity contribution in [3.8, 4) is 5.75 Å². The molecule has 21 heavy (non-hydrogen) atoms. The fraction of sp³-hybridized carbons (Fsp3) is 0.562. The van der Waals surface area contributed by atoms with Crippen LogP contribution in [-0.2, 0) is 0 Å². The van der Waals surface area contributed by atoms with Gasteiger partial charge in [0.1, 0.15) is 11.6 Å². The number of urea groups is 1. The fourth-order valence-electron chi connectivity index (χ4n) is 2.55. The highest BCUT2D eigenvalue weighted by Gasteiger charge is 2.33. The van der Waals surface area contributed by atoms with Gasteiger partial charge in [-0.1, -0.05) is 6.07 Å². The Hall–Kier alpha value is -1.78. The second-order valence-corrected chi connectivity index (χ2v) is 5.72. The number of hydrogen-bond donors (Lipinski definition) is 1. The minimum Gasteiger partial charge on any atom is -0.496 e. The molecule has 1 saturated carbocycles. The Morgan fingerprint density at radius 1 is 1.43 bits per heavy atom. The summed E-state index contributed by atoms with van der Waals surface area (Å²) in [5, 5.41) is 2.84. The molecule has 2 rings (SSSR count). The third-order valence-electron chi connectivity index (χ3n) is 4.24. The standard InChI is InChI=1S/C16H23FN2O2/c1-10(15-13(17)6-5-7-14(15)21-4)18-16(20)19(3)11(2)12-8-9-12/h5-7,10-12H,8-9H2,1-4H3,(H,18,20)/t10-,11-/m1/s1. The van der Waals surface area contributed by atoms with E-state index in [1.807, 2.05) is 6.92 Å². The molecule has 0 spiro atoms. The number of carbonyl (C=O) groups excluding carboxylic acids is 1. The zero-order chi connectivity index (χ0) is 15.6. The molecule has 0 unspecified atom stereocenters. The van der Waals surface area contributed by atoms with E-state index in [4.69, 9.17) is 4.74 Å². The van der Waals surface area contributed by atoms with E-state index in [0.29, 0.717) is 17.2 Å². The molecule has 1 N–H and O–H groups in total. The summed E-state index contributed by atoms with van der Waals surface area (Å²) in [5.41, 5.74) is 0.376. The number of hydrogen-bond acceptors (Lipinski definition) is 2. The first-order valence-corrected chi connectivity index (χ1v) is 7.31. The molecule has 0 aromatic heterocycles. The first-order valence-electron chi connectivity index (χ1n) is 7.31. The number of ether oxygens (including phenoxy) is 1. The molecule has 4 nitrogen and oxygen atoms in total. The van der Waals surface area contributed by atoms with Gasteiger partial charge in [0.15, 0.2) is 0 Å². The predicted octanol–water partition coefficient (Wildman–Crippen LogP) is 3.34. The van der Waals surface area contributed by atoms with E-state index in [1.54, 1.807) is 31.0 Å². The molecule has 2 amide bonds. The molecule has 0 heterocycles. The molecule has 0 bridgehead atoms. The first kappa shape index (κ1) is 15.6. The summed E-state index contributed by atoms with van der Waals surface area (Å²) < 4.78 is 19.2. The maximum absolute atomic E-state index is 14.0. The fourth-order valence-corrected chi connectivity index (χ4v) is 2.55. The SMILES string of the molecule is COc1cccc(F)c1[C@@H](C)NC(=O)N(C)[C@H](C)C1CC1. The molecular weight excluding hydrogens is 271 g/mol.